The number of rotatable bonds is 6. The van der Waals surface area contributed by atoms with Crippen molar-refractivity contribution in [1.82, 2.24) is 15.6 Å². The fourth-order valence-electron chi connectivity index (χ4n) is 1.62. The second kappa shape index (κ2) is 7.59. The second-order valence-electron chi connectivity index (χ2n) is 5.06. The van der Waals surface area contributed by atoms with Crippen LogP contribution >= 0.6 is 0 Å². The monoisotopic (exact) mass is 278 g/mol. The van der Waals surface area contributed by atoms with Gasteiger partial charge in [0.05, 0.1) is 18.6 Å². The Hall–Kier alpha value is -1.95. The summed E-state index contributed by atoms with van der Waals surface area (Å²) in [6.45, 7) is 5.51. The van der Waals surface area contributed by atoms with E-state index in [0.717, 1.165) is 5.56 Å². The topological polar surface area (TPSA) is 97.1 Å². The summed E-state index contributed by atoms with van der Waals surface area (Å²) in [7, 11) is 0. The highest BCUT2D eigenvalue weighted by Crippen LogP contribution is 2.09. The third-order valence-electron chi connectivity index (χ3n) is 3.03. The van der Waals surface area contributed by atoms with Crippen LogP contribution in [0, 0.1) is 5.92 Å². The molecule has 0 saturated heterocycles. The third kappa shape index (κ3) is 4.97. The van der Waals surface area contributed by atoms with E-state index in [4.69, 9.17) is 5.73 Å². The maximum Gasteiger partial charge on any atom is 0.239 e. The summed E-state index contributed by atoms with van der Waals surface area (Å²) in [5, 5.41) is 5.33. The first-order valence-electron chi connectivity index (χ1n) is 6.64. The molecule has 0 bridgehead atoms. The molecule has 0 radical (unpaired) electrons. The Balaban J connectivity index is 2.39. The molecule has 1 heterocycles. The fourth-order valence-corrected chi connectivity index (χ4v) is 1.62. The Morgan fingerprint density at radius 3 is 2.40 bits per heavy atom. The van der Waals surface area contributed by atoms with E-state index >= 15 is 0 Å². The van der Waals surface area contributed by atoms with E-state index in [1.807, 2.05) is 32.9 Å². The Morgan fingerprint density at radius 1 is 1.25 bits per heavy atom. The van der Waals surface area contributed by atoms with E-state index in [9.17, 15) is 9.59 Å². The van der Waals surface area contributed by atoms with Crippen LogP contribution in [0.4, 0.5) is 0 Å². The SMILES string of the molecule is CC(C)[C@H](N)C(=O)NCC(=O)N[C@H](C)c1ccncc1. The van der Waals surface area contributed by atoms with Crippen LogP contribution in [0.25, 0.3) is 0 Å². The minimum Gasteiger partial charge on any atom is -0.348 e. The highest BCUT2D eigenvalue weighted by Gasteiger charge is 2.18. The van der Waals surface area contributed by atoms with Crippen molar-refractivity contribution in [3.63, 3.8) is 0 Å². The summed E-state index contributed by atoms with van der Waals surface area (Å²) in [6.07, 6.45) is 3.34. The van der Waals surface area contributed by atoms with Crippen LogP contribution in [-0.4, -0.2) is 29.4 Å². The maximum atomic E-state index is 11.7. The van der Waals surface area contributed by atoms with Gasteiger partial charge in [-0.05, 0) is 30.5 Å². The molecule has 0 unspecified atom stereocenters. The molecule has 0 aliphatic heterocycles. The van der Waals surface area contributed by atoms with E-state index in [0.29, 0.717) is 0 Å². The van der Waals surface area contributed by atoms with E-state index in [-0.39, 0.29) is 30.3 Å². The number of nitrogens with two attached hydrogens (primary N) is 1. The minimum atomic E-state index is -0.597. The number of aromatic nitrogens is 1. The van der Waals surface area contributed by atoms with Crippen molar-refractivity contribution >= 4 is 11.8 Å². The van der Waals surface area contributed by atoms with Gasteiger partial charge in [-0.3, -0.25) is 14.6 Å². The Labute approximate surface area is 119 Å². The van der Waals surface area contributed by atoms with Crippen molar-refractivity contribution in [2.75, 3.05) is 6.54 Å². The lowest BCUT2D eigenvalue weighted by Crippen LogP contribution is -2.47. The predicted molar refractivity (Wildman–Crippen MR) is 76.6 cm³/mol. The zero-order valence-corrected chi connectivity index (χ0v) is 12.1. The van der Waals surface area contributed by atoms with Crippen LogP contribution in [0.2, 0.25) is 0 Å². The van der Waals surface area contributed by atoms with Crippen molar-refractivity contribution in [1.29, 1.82) is 0 Å². The van der Waals surface area contributed by atoms with Gasteiger partial charge in [-0.15, -0.1) is 0 Å². The molecular weight excluding hydrogens is 256 g/mol. The predicted octanol–water partition coefficient (Wildman–Crippen LogP) is 0.358. The number of nitrogens with zero attached hydrogens (tertiary/aromatic N) is 1. The average Bonchev–Trinajstić information content (AvgIpc) is 2.44. The van der Waals surface area contributed by atoms with Gasteiger partial charge in [0, 0.05) is 12.4 Å². The smallest absolute Gasteiger partial charge is 0.239 e. The molecule has 6 heteroatoms. The lowest BCUT2D eigenvalue weighted by atomic mass is 10.1. The summed E-state index contributed by atoms with van der Waals surface area (Å²) in [5.74, 6) is -0.529. The number of pyridine rings is 1. The quantitative estimate of drug-likeness (QED) is 0.700. The first kappa shape index (κ1) is 16.1. The molecule has 0 saturated carbocycles. The van der Waals surface area contributed by atoms with Gasteiger partial charge in [0.2, 0.25) is 11.8 Å². The van der Waals surface area contributed by atoms with Gasteiger partial charge in [0.25, 0.3) is 0 Å². The molecule has 0 aromatic carbocycles. The molecule has 0 aliphatic rings. The van der Waals surface area contributed by atoms with Crippen LogP contribution < -0.4 is 16.4 Å². The van der Waals surface area contributed by atoms with Gasteiger partial charge in [-0.25, -0.2) is 0 Å². The molecule has 1 aromatic rings. The van der Waals surface area contributed by atoms with E-state index in [1.54, 1.807) is 12.4 Å². The Bertz CT molecular complexity index is 448. The van der Waals surface area contributed by atoms with Crippen molar-refractivity contribution < 1.29 is 9.59 Å². The zero-order valence-electron chi connectivity index (χ0n) is 12.1. The first-order valence-corrected chi connectivity index (χ1v) is 6.64. The molecule has 0 aliphatic carbocycles. The molecular formula is C14H22N4O2. The average molecular weight is 278 g/mol. The number of nitrogens with one attached hydrogen (secondary N) is 2. The number of carbonyl (C=O) groups excluding carboxylic acids is 2. The maximum absolute atomic E-state index is 11.7. The van der Waals surface area contributed by atoms with Gasteiger partial charge in [-0.2, -0.15) is 0 Å². The van der Waals surface area contributed by atoms with Crippen molar-refractivity contribution in [2.24, 2.45) is 11.7 Å². The van der Waals surface area contributed by atoms with Crippen molar-refractivity contribution in [2.45, 2.75) is 32.9 Å². The molecule has 20 heavy (non-hydrogen) atoms. The molecule has 0 spiro atoms. The largest absolute Gasteiger partial charge is 0.348 e. The molecule has 4 N–H and O–H groups in total. The summed E-state index contributed by atoms with van der Waals surface area (Å²) in [6, 6.07) is 2.93. The Morgan fingerprint density at radius 2 is 1.85 bits per heavy atom. The number of carbonyl (C=O) groups is 2. The zero-order chi connectivity index (χ0) is 15.1. The molecule has 6 nitrogen and oxygen atoms in total. The lowest BCUT2D eigenvalue weighted by Gasteiger charge is -2.17. The van der Waals surface area contributed by atoms with E-state index in [2.05, 4.69) is 15.6 Å². The van der Waals surface area contributed by atoms with E-state index in [1.165, 1.54) is 0 Å². The van der Waals surface area contributed by atoms with Gasteiger partial charge in [-0.1, -0.05) is 13.8 Å². The lowest BCUT2D eigenvalue weighted by molar-refractivity contribution is -0.127. The normalized spacial score (nSPS) is 13.7. The third-order valence-corrected chi connectivity index (χ3v) is 3.03. The Kier molecular flexibility index (Phi) is 6.11. The van der Waals surface area contributed by atoms with Crippen molar-refractivity contribution in [3.8, 4) is 0 Å². The second-order valence-corrected chi connectivity index (χ2v) is 5.06. The summed E-state index contributed by atoms with van der Waals surface area (Å²) < 4.78 is 0. The molecule has 1 aromatic heterocycles. The number of hydrogen-bond acceptors (Lipinski definition) is 4. The molecule has 2 atom stereocenters. The van der Waals surface area contributed by atoms with Crippen molar-refractivity contribution in [3.05, 3.63) is 30.1 Å². The number of amides is 2. The number of hydrogen-bond donors (Lipinski definition) is 3. The first-order chi connectivity index (χ1) is 9.41. The summed E-state index contributed by atoms with van der Waals surface area (Å²) >= 11 is 0. The van der Waals surface area contributed by atoms with Gasteiger partial charge >= 0.3 is 0 Å². The molecule has 1 rings (SSSR count). The van der Waals surface area contributed by atoms with Gasteiger partial charge in [0.1, 0.15) is 0 Å². The van der Waals surface area contributed by atoms with Crippen LogP contribution in [0.1, 0.15) is 32.4 Å². The molecule has 2 amide bonds. The van der Waals surface area contributed by atoms with Gasteiger partial charge in [0.15, 0.2) is 0 Å². The van der Waals surface area contributed by atoms with Crippen LogP contribution in [0.5, 0.6) is 0 Å². The van der Waals surface area contributed by atoms with Crippen LogP contribution in [0.15, 0.2) is 24.5 Å². The summed E-state index contributed by atoms with van der Waals surface area (Å²) in [5.41, 5.74) is 6.64. The fraction of sp³-hybridized carbons (Fsp3) is 0.500. The van der Waals surface area contributed by atoms with Gasteiger partial charge < -0.3 is 16.4 Å². The van der Waals surface area contributed by atoms with Crippen LogP contribution in [-0.2, 0) is 9.59 Å². The highest BCUT2D eigenvalue weighted by molar-refractivity contribution is 5.87. The summed E-state index contributed by atoms with van der Waals surface area (Å²) in [4.78, 5) is 27.3. The molecule has 0 fully saturated rings. The van der Waals surface area contributed by atoms with Crippen LogP contribution in [0.3, 0.4) is 0 Å². The molecule has 110 valence electrons. The standard InChI is InChI=1S/C14H22N4O2/c1-9(2)13(15)14(20)17-8-12(19)18-10(3)11-4-6-16-7-5-11/h4-7,9-10,13H,8,15H2,1-3H3,(H,17,20)(H,18,19)/t10-,13+/m1/s1. The van der Waals surface area contributed by atoms with E-state index < -0.39 is 6.04 Å². The highest BCUT2D eigenvalue weighted by atomic mass is 16.2. The minimum absolute atomic E-state index is 0.0359.